The molecule has 0 bridgehead atoms. The molecule has 4 nitrogen and oxygen atoms in total. The smallest absolute Gasteiger partial charge is 0.173 e. The minimum Gasteiger partial charge on any atom is -0.457 e. The van der Waals surface area contributed by atoms with E-state index in [-0.39, 0.29) is 6.04 Å². The molecule has 1 unspecified atom stereocenters. The minimum atomic E-state index is 0.218. The van der Waals surface area contributed by atoms with Crippen molar-refractivity contribution >= 4 is 15.9 Å². The summed E-state index contributed by atoms with van der Waals surface area (Å²) < 4.78 is 8.28. The molecule has 0 aliphatic heterocycles. The number of imidazole rings is 1. The average molecular weight is 312 g/mol. The summed E-state index contributed by atoms with van der Waals surface area (Å²) in [5.41, 5.74) is 1.14. The second-order valence-electron chi connectivity index (χ2n) is 4.09. The standard InChI is InChI=1S/C13H18BrN3O/c1-3-15-11(10-5-8-18-13(10)14)9-12-16-6-7-17(12)4-2/h5-8,11,15H,3-4,9H2,1-2H3. The van der Waals surface area contributed by atoms with Crippen molar-refractivity contribution in [3.63, 3.8) is 0 Å². The number of aromatic nitrogens is 2. The van der Waals surface area contributed by atoms with Crippen molar-refractivity contribution < 1.29 is 4.42 Å². The van der Waals surface area contributed by atoms with Gasteiger partial charge in [-0.15, -0.1) is 0 Å². The third-order valence-corrected chi connectivity index (χ3v) is 3.65. The van der Waals surface area contributed by atoms with Crippen LogP contribution in [0.3, 0.4) is 0 Å². The first-order chi connectivity index (χ1) is 8.76. The van der Waals surface area contributed by atoms with Gasteiger partial charge in [-0.1, -0.05) is 6.92 Å². The summed E-state index contributed by atoms with van der Waals surface area (Å²) in [7, 11) is 0. The molecule has 0 saturated carbocycles. The molecule has 18 heavy (non-hydrogen) atoms. The van der Waals surface area contributed by atoms with E-state index in [0.29, 0.717) is 0 Å². The van der Waals surface area contributed by atoms with Crippen LogP contribution < -0.4 is 5.32 Å². The molecule has 2 rings (SSSR count). The fourth-order valence-corrected chi connectivity index (χ4v) is 2.61. The predicted molar refractivity (Wildman–Crippen MR) is 74.4 cm³/mol. The highest BCUT2D eigenvalue weighted by Crippen LogP contribution is 2.26. The summed E-state index contributed by atoms with van der Waals surface area (Å²) in [5.74, 6) is 1.09. The van der Waals surface area contributed by atoms with Gasteiger partial charge in [0.15, 0.2) is 4.67 Å². The molecule has 0 aromatic carbocycles. The molecule has 0 aliphatic carbocycles. The lowest BCUT2D eigenvalue weighted by atomic mass is 10.1. The zero-order valence-electron chi connectivity index (χ0n) is 10.7. The number of nitrogens with one attached hydrogen (secondary N) is 1. The molecular formula is C13H18BrN3O. The van der Waals surface area contributed by atoms with Gasteiger partial charge in [-0.25, -0.2) is 4.98 Å². The summed E-state index contributed by atoms with van der Waals surface area (Å²) in [6.45, 7) is 6.09. The maximum absolute atomic E-state index is 5.32. The van der Waals surface area contributed by atoms with Crippen LogP contribution in [0.15, 0.2) is 33.8 Å². The Morgan fingerprint density at radius 1 is 1.50 bits per heavy atom. The number of hydrogen-bond acceptors (Lipinski definition) is 3. The van der Waals surface area contributed by atoms with Crippen LogP contribution in [0.1, 0.15) is 31.3 Å². The van der Waals surface area contributed by atoms with Crippen molar-refractivity contribution in [3.05, 3.63) is 40.8 Å². The van der Waals surface area contributed by atoms with E-state index in [9.17, 15) is 0 Å². The van der Waals surface area contributed by atoms with Crippen LogP contribution in [0.2, 0.25) is 0 Å². The van der Waals surface area contributed by atoms with Crippen LogP contribution in [0, 0.1) is 0 Å². The van der Waals surface area contributed by atoms with Crippen LogP contribution in [0.5, 0.6) is 0 Å². The molecule has 0 saturated heterocycles. The first-order valence-corrected chi connectivity index (χ1v) is 7.01. The van der Waals surface area contributed by atoms with Gasteiger partial charge >= 0.3 is 0 Å². The van der Waals surface area contributed by atoms with Gasteiger partial charge in [-0.05, 0) is 35.5 Å². The molecule has 0 aliphatic rings. The SMILES string of the molecule is CCNC(Cc1nccn1CC)c1ccoc1Br. The van der Waals surface area contributed by atoms with Crippen LogP contribution in [-0.4, -0.2) is 16.1 Å². The van der Waals surface area contributed by atoms with Crippen LogP contribution in [0.4, 0.5) is 0 Å². The minimum absolute atomic E-state index is 0.218. The Labute approximate surface area is 116 Å². The lowest BCUT2D eigenvalue weighted by Gasteiger charge is -2.17. The summed E-state index contributed by atoms with van der Waals surface area (Å²) in [6.07, 6.45) is 6.43. The third kappa shape index (κ3) is 2.84. The summed E-state index contributed by atoms with van der Waals surface area (Å²) >= 11 is 3.44. The van der Waals surface area contributed by atoms with Gasteiger partial charge in [0, 0.05) is 37.0 Å². The Morgan fingerprint density at radius 3 is 2.94 bits per heavy atom. The fourth-order valence-electron chi connectivity index (χ4n) is 2.09. The monoisotopic (exact) mass is 311 g/mol. The first kappa shape index (κ1) is 13.4. The van der Waals surface area contributed by atoms with Gasteiger partial charge in [0.25, 0.3) is 0 Å². The van der Waals surface area contributed by atoms with Gasteiger partial charge in [0.05, 0.1) is 6.26 Å². The predicted octanol–water partition coefficient (Wildman–Crippen LogP) is 3.15. The van der Waals surface area contributed by atoms with Gasteiger partial charge < -0.3 is 14.3 Å². The quantitative estimate of drug-likeness (QED) is 0.891. The summed E-state index contributed by atoms with van der Waals surface area (Å²) in [5, 5.41) is 3.47. The van der Waals surface area contributed by atoms with Crippen LogP contribution >= 0.6 is 15.9 Å². The Morgan fingerprint density at radius 2 is 2.33 bits per heavy atom. The highest BCUT2D eigenvalue weighted by atomic mass is 79.9. The van der Waals surface area contributed by atoms with Gasteiger partial charge in [-0.3, -0.25) is 0 Å². The summed E-state index contributed by atoms with van der Waals surface area (Å²) in [6, 6.07) is 2.22. The number of furan rings is 1. The largest absolute Gasteiger partial charge is 0.457 e. The number of nitrogens with zero attached hydrogens (tertiary/aromatic N) is 2. The van der Waals surface area contributed by atoms with Crippen molar-refractivity contribution in [3.8, 4) is 0 Å². The van der Waals surface area contributed by atoms with E-state index in [1.165, 1.54) is 0 Å². The van der Waals surface area contributed by atoms with E-state index in [1.54, 1.807) is 6.26 Å². The molecule has 1 atom stereocenters. The number of halogens is 1. The van der Waals surface area contributed by atoms with Crippen LogP contribution in [0.25, 0.3) is 0 Å². The Bertz CT molecular complexity index is 492. The first-order valence-electron chi connectivity index (χ1n) is 6.22. The zero-order chi connectivity index (χ0) is 13.0. The lowest BCUT2D eigenvalue weighted by molar-refractivity contribution is 0.494. The number of likely N-dealkylation sites (N-methyl/N-ethyl adjacent to an activating group) is 1. The third-order valence-electron chi connectivity index (χ3n) is 3.00. The molecule has 2 aromatic rings. The zero-order valence-corrected chi connectivity index (χ0v) is 12.3. The molecule has 0 amide bonds. The topological polar surface area (TPSA) is 43.0 Å². The number of aryl methyl sites for hydroxylation is 1. The van der Waals surface area contributed by atoms with Gasteiger partial charge in [-0.2, -0.15) is 0 Å². The van der Waals surface area contributed by atoms with E-state index in [2.05, 4.69) is 44.6 Å². The molecule has 1 N–H and O–H groups in total. The normalized spacial score (nSPS) is 12.8. The highest BCUT2D eigenvalue weighted by Gasteiger charge is 2.18. The van der Waals surface area contributed by atoms with Crippen molar-refractivity contribution in [1.29, 1.82) is 0 Å². The van der Waals surface area contributed by atoms with E-state index in [4.69, 9.17) is 4.42 Å². The maximum atomic E-state index is 5.32. The number of hydrogen-bond donors (Lipinski definition) is 1. The van der Waals surface area contributed by atoms with Crippen molar-refractivity contribution in [2.24, 2.45) is 0 Å². The van der Waals surface area contributed by atoms with Crippen LogP contribution in [-0.2, 0) is 13.0 Å². The van der Waals surface area contributed by atoms with E-state index >= 15 is 0 Å². The van der Waals surface area contributed by atoms with E-state index in [1.807, 2.05) is 18.5 Å². The van der Waals surface area contributed by atoms with Crippen molar-refractivity contribution in [1.82, 2.24) is 14.9 Å². The summed E-state index contributed by atoms with van der Waals surface area (Å²) in [4.78, 5) is 4.43. The van der Waals surface area contributed by atoms with Gasteiger partial charge in [0.1, 0.15) is 5.82 Å². The molecule has 2 aromatic heterocycles. The van der Waals surface area contributed by atoms with E-state index < -0.39 is 0 Å². The molecule has 5 heteroatoms. The number of rotatable bonds is 6. The van der Waals surface area contributed by atoms with E-state index in [0.717, 1.165) is 35.6 Å². The second kappa shape index (κ2) is 6.20. The highest BCUT2D eigenvalue weighted by molar-refractivity contribution is 9.10. The molecule has 0 radical (unpaired) electrons. The Kier molecular flexibility index (Phi) is 4.60. The Hall–Kier alpha value is -1.07. The second-order valence-corrected chi connectivity index (χ2v) is 4.81. The molecular weight excluding hydrogens is 294 g/mol. The Balaban J connectivity index is 2.19. The average Bonchev–Trinajstić information content (AvgIpc) is 2.97. The van der Waals surface area contributed by atoms with Crippen molar-refractivity contribution in [2.45, 2.75) is 32.9 Å². The molecule has 0 spiro atoms. The lowest BCUT2D eigenvalue weighted by Crippen LogP contribution is -2.24. The maximum Gasteiger partial charge on any atom is 0.173 e. The molecule has 98 valence electrons. The fraction of sp³-hybridized carbons (Fsp3) is 0.462. The molecule has 2 heterocycles. The van der Waals surface area contributed by atoms with Crippen molar-refractivity contribution in [2.75, 3.05) is 6.54 Å². The van der Waals surface area contributed by atoms with Gasteiger partial charge in [0.2, 0.25) is 0 Å². The molecule has 0 fully saturated rings.